The topological polar surface area (TPSA) is 93.2 Å². The van der Waals surface area contributed by atoms with E-state index in [1.54, 1.807) is 42.2 Å². The first-order chi connectivity index (χ1) is 18.7. The van der Waals surface area contributed by atoms with Gasteiger partial charge in [0.1, 0.15) is 11.5 Å². The van der Waals surface area contributed by atoms with E-state index in [1.165, 1.54) is 4.90 Å². The number of benzene rings is 2. The molecule has 4 fully saturated rings. The average molecular weight is 660 g/mol. The SMILES string of the molecule is CCOc1ccccc1N1C[C@H](C(=O)Oc2ccc(N3C(=O)[C@@H]4[C@H]5C[C@@H]([C@@H](Br)[C@H]5Br)[C@H]4C3=O)c(C)c2)CC1=O. The van der Waals surface area contributed by atoms with E-state index in [4.69, 9.17) is 9.47 Å². The maximum Gasteiger partial charge on any atom is 0.316 e. The highest BCUT2D eigenvalue weighted by Gasteiger charge is 2.66. The standard InChI is InChI=1S/C29H28Br2N2O6/c1-3-38-21-7-5-4-6-20(21)32-13-15(11-22(32)34)29(37)39-16-8-9-19(14(2)10-16)33-27(35)23-17-12-18(24(23)28(33)36)26(31)25(17)30/h4-10,15,17-18,23-26H,3,11-13H2,1-2H3/t15-,17-,18-,23-,24-,25-,26+/m1/s1. The van der Waals surface area contributed by atoms with Crippen LogP contribution in [0, 0.1) is 36.5 Å². The minimum absolute atomic E-state index is 0.0430. The van der Waals surface area contributed by atoms with Gasteiger partial charge in [0, 0.05) is 22.6 Å². The Morgan fingerprint density at radius 1 is 0.974 bits per heavy atom. The second-order valence-electron chi connectivity index (χ2n) is 10.7. The molecule has 39 heavy (non-hydrogen) atoms. The number of rotatable bonds is 6. The minimum Gasteiger partial charge on any atom is -0.492 e. The molecule has 4 aliphatic rings. The zero-order valence-electron chi connectivity index (χ0n) is 21.5. The summed E-state index contributed by atoms with van der Waals surface area (Å²) in [6, 6.07) is 12.2. The summed E-state index contributed by atoms with van der Waals surface area (Å²) in [7, 11) is 0. The van der Waals surface area contributed by atoms with Crippen molar-refractivity contribution in [3.63, 3.8) is 0 Å². The number of alkyl halides is 2. The van der Waals surface area contributed by atoms with E-state index < -0.39 is 11.9 Å². The van der Waals surface area contributed by atoms with E-state index >= 15 is 0 Å². The molecule has 2 saturated heterocycles. The number of nitrogens with zero attached hydrogens (tertiary/aromatic N) is 2. The normalized spacial score (nSPS) is 31.3. The fourth-order valence-corrected chi connectivity index (χ4v) is 8.66. The highest BCUT2D eigenvalue weighted by Crippen LogP contribution is 2.60. The van der Waals surface area contributed by atoms with Crippen molar-refractivity contribution in [1.82, 2.24) is 0 Å². The van der Waals surface area contributed by atoms with Crippen LogP contribution in [0.25, 0.3) is 0 Å². The number of carbonyl (C=O) groups excluding carboxylic acids is 4. The highest BCUT2D eigenvalue weighted by atomic mass is 79.9. The molecule has 0 unspecified atom stereocenters. The van der Waals surface area contributed by atoms with Gasteiger partial charge in [-0.05, 0) is 68.0 Å². The quantitative estimate of drug-likeness (QED) is 0.194. The maximum absolute atomic E-state index is 13.4. The number of esters is 1. The molecule has 8 nitrogen and oxygen atoms in total. The van der Waals surface area contributed by atoms with Crippen LogP contribution in [0.3, 0.4) is 0 Å². The Morgan fingerprint density at radius 2 is 1.64 bits per heavy atom. The molecule has 7 atom stereocenters. The molecule has 2 aliphatic heterocycles. The van der Waals surface area contributed by atoms with Crippen molar-refractivity contribution in [2.75, 3.05) is 23.0 Å². The van der Waals surface area contributed by atoms with E-state index in [-0.39, 0.29) is 64.0 Å². The highest BCUT2D eigenvalue weighted by molar-refractivity contribution is 9.12. The monoisotopic (exact) mass is 658 g/mol. The van der Waals surface area contributed by atoms with Gasteiger partial charge in [0.25, 0.3) is 0 Å². The van der Waals surface area contributed by atoms with E-state index in [0.29, 0.717) is 35.0 Å². The Bertz CT molecular complexity index is 1350. The lowest BCUT2D eigenvalue weighted by molar-refractivity contribution is -0.139. The molecule has 2 aliphatic carbocycles. The van der Waals surface area contributed by atoms with Crippen molar-refractivity contribution >= 4 is 66.9 Å². The molecule has 3 amide bonds. The van der Waals surface area contributed by atoms with Gasteiger partial charge in [0.05, 0.1) is 35.7 Å². The van der Waals surface area contributed by atoms with Gasteiger partial charge in [-0.2, -0.15) is 0 Å². The van der Waals surface area contributed by atoms with Crippen LogP contribution in [0.2, 0.25) is 0 Å². The number of anilines is 2. The molecule has 0 spiro atoms. The Morgan fingerprint density at radius 3 is 2.28 bits per heavy atom. The molecule has 2 saturated carbocycles. The van der Waals surface area contributed by atoms with Gasteiger partial charge in [-0.1, -0.05) is 44.0 Å². The van der Waals surface area contributed by atoms with Crippen LogP contribution in [0.15, 0.2) is 42.5 Å². The van der Waals surface area contributed by atoms with Crippen molar-refractivity contribution in [2.45, 2.75) is 36.3 Å². The van der Waals surface area contributed by atoms with Crippen LogP contribution in [-0.4, -0.2) is 46.5 Å². The summed E-state index contributed by atoms with van der Waals surface area (Å²) >= 11 is 7.44. The van der Waals surface area contributed by atoms with Gasteiger partial charge < -0.3 is 14.4 Å². The Hall–Kier alpha value is -2.72. The fourth-order valence-electron chi connectivity index (χ4n) is 6.78. The largest absolute Gasteiger partial charge is 0.492 e. The van der Waals surface area contributed by atoms with E-state index in [1.807, 2.05) is 19.1 Å². The number of para-hydroxylation sites is 2. The summed E-state index contributed by atoms with van der Waals surface area (Å²) in [6.45, 7) is 4.33. The summed E-state index contributed by atoms with van der Waals surface area (Å²) in [6.07, 6.45) is 0.917. The van der Waals surface area contributed by atoms with Gasteiger partial charge in [-0.15, -0.1) is 0 Å². The number of imide groups is 1. The Balaban J connectivity index is 1.16. The summed E-state index contributed by atoms with van der Waals surface area (Å²) in [5.74, 6) is -1.01. The van der Waals surface area contributed by atoms with E-state index in [0.717, 1.165) is 6.42 Å². The lowest BCUT2D eigenvalue weighted by Crippen LogP contribution is -2.37. The zero-order chi connectivity index (χ0) is 27.6. The van der Waals surface area contributed by atoms with Crippen LogP contribution < -0.4 is 19.3 Å². The first kappa shape index (κ1) is 26.5. The number of fused-ring (bicyclic) bond motifs is 5. The van der Waals surface area contributed by atoms with Crippen molar-refractivity contribution in [3.8, 4) is 11.5 Å². The van der Waals surface area contributed by atoms with Crippen LogP contribution in [-0.2, 0) is 19.2 Å². The fraction of sp³-hybridized carbons (Fsp3) is 0.448. The molecule has 0 N–H and O–H groups in total. The van der Waals surface area contributed by atoms with Gasteiger partial charge in [0.2, 0.25) is 17.7 Å². The molecule has 0 aromatic heterocycles. The maximum atomic E-state index is 13.4. The molecule has 2 aromatic carbocycles. The number of carbonyl (C=O) groups is 4. The second kappa shape index (κ2) is 10.0. The van der Waals surface area contributed by atoms with Gasteiger partial charge >= 0.3 is 5.97 Å². The van der Waals surface area contributed by atoms with Gasteiger partial charge in [-0.25, -0.2) is 4.90 Å². The third-order valence-electron chi connectivity index (χ3n) is 8.53. The Labute approximate surface area is 243 Å². The van der Waals surface area contributed by atoms with E-state index in [9.17, 15) is 19.2 Å². The Kier molecular flexibility index (Phi) is 6.82. The van der Waals surface area contributed by atoms with Crippen molar-refractivity contribution in [1.29, 1.82) is 0 Å². The van der Waals surface area contributed by atoms with Crippen molar-refractivity contribution < 1.29 is 28.7 Å². The number of halogens is 2. The summed E-state index contributed by atoms with van der Waals surface area (Å²) in [4.78, 5) is 55.8. The summed E-state index contributed by atoms with van der Waals surface area (Å²) in [5.41, 5.74) is 1.82. The van der Waals surface area contributed by atoms with Crippen molar-refractivity contribution in [2.24, 2.45) is 29.6 Å². The lowest BCUT2D eigenvalue weighted by atomic mass is 9.81. The predicted molar refractivity (Wildman–Crippen MR) is 151 cm³/mol. The third-order valence-corrected chi connectivity index (χ3v) is 11.7. The van der Waals surface area contributed by atoms with Crippen molar-refractivity contribution in [3.05, 3.63) is 48.0 Å². The lowest BCUT2D eigenvalue weighted by Gasteiger charge is -2.28. The molecule has 2 heterocycles. The smallest absolute Gasteiger partial charge is 0.316 e. The zero-order valence-corrected chi connectivity index (χ0v) is 24.7. The number of hydrogen-bond acceptors (Lipinski definition) is 6. The first-order valence-electron chi connectivity index (χ1n) is 13.2. The summed E-state index contributed by atoms with van der Waals surface area (Å²) < 4.78 is 11.3. The average Bonchev–Trinajstić information content (AvgIpc) is 3.63. The molecular weight excluding hydrogens is 632 g/mol. The molecule has 6 rings (SSSR count). The molecular formula is C29H28Br2N2O6. The molecule has 2 aromatic rings. The number of amides is 3. The molecule has 2 bridgehead atoms. The summed E-state index contributed by atoms with van der Waals surface area (Å²) in [5, 5.41) is 0. The van der Waals surface area contributed by atoms with Crippen LogP contribution in [0.1, 0.15) is 25.3 Å². The minimum atomic E-state index is -0.627. The second-order valence-corrected chi connectivity index (χ2v) is 12.8. The van der Waals surface area contributed by atoms with Gasteiger partial charge in [0.15, 0.2) is 0 Å². The van der Waals surface area contributed by atoms with E-state index in [2.05, 4.69) is 31.9 Å². The number of ether oxygens (including phenoxy) is 2. The van der Waals surface area contributed by atoms with Crippen LogP contribution in [0.5, 0.6) is 11.5 Å². The predicted octanol–water partition coefficient (Wildman–Crippen LogP) is 4.63. The number of hydrogen-bond donors (Lipinski definition) is 0. The molecule has 0 radical (unpaired) electrons. The molecule has 10 heteroatoms. The first-order valence-corrected chi connectivity index (χ1v) is 15.0. The molecule has 204 valence electrons. The van der Waals surface area contributed by atoms with Crippen LogP contribution in [0.4, 0.5) is 11.4 Å². The number of aryl methyl sites for hydroxylation is 1. The van der Waals surface area contributed by atoms with Gasteiger partial charge in [-0.3, -0.25) is 19.2 Å². The third kappa shape index (κ3) is 4.22. The van der Waals surface area contributed by atoms with Crippen LogP contribution >= 0.6 is 31.9 Å².